The number of hydrogen-bond donors (Lipinski definition) is 2. The van der Waals surface area contributed by atoms with Gasteiger partial charge in [-0.15, -0.1) is 11.3 Å². The third-order valence-corrected chi connectivity index (χ3v) is 6.08. The number of nitrogens with one attached hydrogen (secondary N) is 2. The van der Waals surface area contributed by atoms with Gasteiger partial charge in [-0.3, -0.25) is 20.0 Å². The molecule has 0 aliphatic rings. The lowest BCUT2D eigenvalue weighted by atomic mass is 10.2. The molecule has 0 spiro atoms. The topological polar surface area (TPSA) is 119 Å². The number of thiazole rings is 1. The van der Waals surface area contributed by atoms with E-state index in [9.17, 15) is 14.9 Å². The van der Waals surface area contributed by atoms with Crippen LogP contribution in [0.5, 0.6) is 0 Å². The first kappa shape index (κ1) is 19.2. The largest absolute Gasteiger partial charge is 0.345 e. The zero-order chi connectivity index (χ0) is 19.6. The Morgan fingerprint density at radius 1 is 1.52 bits per heavy atom. The van der Waals surface area contributed by atoms with Crippen LogP contribution in [0.15, 0.2) is 32.8 Å². The molecular weight excluding hydrogens is 408 g/mol. The number of nitrogens with zero attached hydrogens (tertiary/aromatic N) is 4. The standard InChI is InChI=1S/C15H14N6O3S3/c1-8-7-26-15(17-8)27-11-4-3-9(5-10(11)21(23)24)13(22)16-6-12-18-19-14(25)20(12)2/h3-5,7H,6H2,1-2H3,(H,16,22)(H,19,25). The van der Waals surface area contributed by atoms with Gasteiger partial charge in [-0.2, -0.15) is 5.10 Å². The van der Waals surface area contributed by atoms with E-state index < -0.39 is 10.8 Å². The van der Waals surface area contributed by atoms with Crippen molar-refractivity contribution >= 4 is 46.9 Å². The first-order chi connectivity index (χ1) is 12.8. The van der Waals surface area contributed by atoms with E-state index in [-0.39, 0.29) is 17.8 Å². The minimum Gasteiger partial charge on any atom is -0.345 e. The Kier molecular flexibility index (Phi) is 5.68. The van der Waals surface area contributed by atoms with Gasteiger partial charge in [0.15, 0.2) is 14.9 Å². The molecule has 1 aromatic carbocycles. The molecule has 27 heavy (non-hydrogen) atoms. The normalized spacial score (nSPS) is 10.7. The molecule has 9 nitrogen and oxygen atoms in total. The highest BCUT2D eigenvalue weighted by molar-refractivity contribution is 8.01. The fraction of sp³-hybridized carbons (Fsp3) is 0.200. The number of aromatic nitrogens is 4. The average Bonchev–Trinajstić information content (AvgIpc) is 3.19. The Morgan fingerprint density at radius 2 is 2.30 bits per heavy atom. The van der Waals surface area contributed by atoms with Gasteiger partial charge in [-0.05, 0) is 31.3 Å². The highest BCUT2D eigenvalue weighted by atomic mass is 32.2. The van der Waals surface area contributed by atoms with Crippen LogP contribution >= 0.6 is 35.3 Å². The second-order valence-electron chi connectivity index (χ2n) is 5.48. The highest BCUT2D eigenvalue weighted by Gasteiger charge is 2.19. The number of H-pyrrole nitrogens is 1. The van der Waals surface area contributed by atoms with Crippen LogP contribution in [0.25, 0.3) is 0 Å². The average molecular weight is 423 g/mol. The van der Waals surface area contributed by atoms with Crippen LogP contribution in [-0.4, -0.2) is 30.6 Å². The Balaban J connectivity index is 1.78. The summed E-state index contributed by atoms with van der Waals surface area (Å²) in [4.78, 5) is 28.0. The Hall–Kier alpha value is -2.57. The molecule has 0 unspecified atom stereocenters. The highest BCUT2D eigenvalue weighted by Crippen LogP contribution is 2.36. The predicted octanol–water partition coefficient (Wildman–Crippen LogP) is 3.23. The molecule has 0 radical (unpaired) electrons. The van der Waals surface area contributed by atoms with Crippen molar-refractivity contribution in [2.45, 2.75) is 22.7 Å². The third kappa shape index (κ3) is 4.40. The van der Waals surface area contributed by atoms with Gasteiger partial charge >= 0.3 is 0 Å². The van der Waals surface area contributed by atoms with Crippen LogP contribution in [0.1, 0.15) is 21.9 Å². The van der Waals surface area contributed by atoms with E-state index in [0.717, 1.165) is 5.69 Å². The van der Waals surface area contributed by atoms with Crippen molar-refractivity contribution in [3.05, 3.63) is 55.5 Å². The molecule has 0 aliphatic carbocycles. The molecule has 12 heteroatoms. The number of aromatic amines is 1. The Bertz CT molecular complexity index is 1070. The molecule has 3 rings (SSSR count). The van der Waals surface area contributed by atoms with E-state index >= 15 is 0 Å². The Morgan fingerprint density at radius 3 is 2.89 bits per heavy atom. The van der Waals surface area contributed by atoms with Gasteiger partial charge in [0.1, 0.15) is 0 Å². The summed E-state index contributed by atoms with van der Waals surface area (Å²) in [5.41, 5.74) is 0.909. The minimum absolute atomic E-state index is 0.140. The van der Waals surface area contributed by atoms with E-state index in [2.05, 4.69) is 20.5 Å². The molecule has 0 bridgehead atoms. The summed E-state index contributed by atoms with van der Waals surface area (Å²) in [7, 11) is 1.73. The molecule has 0 aliphatic heterocycles. The van der Waals surface area contributed by atoms with Gasteiger partial charge in [0, 0.05) is 29.8 Å². The lowest BCUT2D eigenvalue weighted by Gasteiger charge is -2.06. The first-order valence-corrected chi connectivity index (χ1v) is 9.72. The van der Waals surface area contributed by atoms with Crippen molar-refractivity contribution in [3.63, 3.8) is 0 Å². The molecule has 2 aromatic heterocycles. The van der Waals surface area contributed by atoms with Crippen LogP contribution in [0, 0.1) is 21.8 Å². The number of amides is 1. The van der Waals surface area contributed by atoms with Crippen LogP contribution in [-0.2, 0) is 13.6 Å². The maximum Gasteiger partial charge on any atom is 0.284 e. The van der Waals surface area contributed by atoms with Crippen LogP contribution in [0.2, 0.25) is 0 Å². The van der Waals surface area contributed by atoms with E-state index in [1.807, 2.05) is 12.3 Å². The summed E-state index contributed by atoms with van der Waals surface area (Å²) in [6.45, 7) is 2.00. The maximum absolute atomic E-state index is 12.4. The summed E-state index contributed by atoms with van der Waals surface area (Å²) >= 11 is 7.63. The quantitative estimate of drug-likeness (QED) is 0.355. The van der Waals surface area contributed by atoms with Crippen LogP contribution < -0.4 is 5.32 Å². The van der Waals surface area contributed by atoms with Gasteiger partial charge in [-0.1, -0.05) is 11.8 Å². The SMILES string of the molecule is Cc1csc(Sc2ccc(C(=O)NCc3n[nH]c(=S)n3C)cc2[N+](=O)[O-])n1. The zero-order valence-electron chi connectivity index (χ0n) is 14.3. The lowest BCUT2D eigenvalue weighted by molar-refractivity contribution is -0.387. The monoisotopic (exact) mass is 422 g/mol. The lowest BCUT2D eigenvalue weighted by Crippen LogP contribution is -2.24. The van der Waals surface area contributed by atoms with E-state index in [1.54, 1.807) is 23.7 Å². The van der Waals surface area contributed by atoms with Crippen molar-refractivity contribution in [3.8, 4) is 0 Å². The van der Waals surface area contributed by atoms with Crippen molar-refractivity contribution < 1.29 is 9.72 Å². The maximum atomic E-state index is 12.4. The number of nitro groups is 1. The minimum atomic E-state index is -0.503. The molecule has 2 heterocycles. The van der Waals surface area contributed by atoms with Gasteiger partial charge in [0.05, 0.1) is 16.4 Å². The number of nitro benzene ring substituents is 1. The van der Waals surface area contributed by atoms with Crippen molar-refractivity contribution in [2.75, 3.05) is 0 Å². The third-order valence-electron chi connectivity index (χ3n) is 3.59. The molecule has 0 saturated carbocycles. The van der Waals surface area contributed by atoms with Gasteiger partial charge in [0.25, 0.3) is 11.6 Å². The van der Waals surface area contributed by atoms with Gasteiger partial charge < -0.3 is 9.88 Å². The van der Waals surface area contributed by atoms with Crippen molar-refractivity contribution in [2.24, 2.45) is 7.05 Å². The second kappa shape index (κ2) is 7.98. The first-order valence-electron chi connectivity index (χ1n) is 7.62. The fourth-order valence-electron chi connectivity index (χ4n) is 2.16. The summed E-state index contributed by atoms with van der Waals surface area (Å²) in [6, 6.07) is 4.37. The smallest absolute Gasteiger partial charge is 0.284 e. The molecular formula is C15H14N6O3S3. The fourth-order valence-corrected chi connectivity index (χ4v) is 4.19. The molecule has 3 aromatic rings. The molecule has 2 N–H and O–H groups in total. The zero-order valence-corrected chi connectivity index (χ0v) is 16.7. The predicted molar refractivity (Wildman–Crippen MR) is 104 cm³/mol. The van der Waals surface area contributed by atoms with E-state index in [1.165, 1.54) is 29.2 Å². The Labute approximate surface area is 167 Å². The second-order valence-corrected chi connectivity index (χ2v) is 8.02. The van der Waals surface area contributed by atoms with E-state index in [0.29, 0.717) is 19.8 Å². The molecule has 0 atom stereocenters. The number of aryl methyl sites for hydroxylation is 1. The van der Waals surface area contributed by atoms with Crippen molar-refractivity contribution in [1.82, 2.24) is 25.1 Å². The van der Waals surface area contributed by atoms with Crippen LogP contribution in [0.4, 0.5) is 5.69 Å². The molecule has 1 amide bonds. The molecule has 140 valence electrons. The van der Waals surface area contributed by atoms with Crippen LogP contribution in [0.3, 0.4) is 0 Å². The number of hydrogen-bond acceptors (Lipinski definition) is 8. The number of carbonyl (C=O) groups is 1. The number of benzene rings is 1. The molecule has 0 saturated heterocycles. The van der Waals surface area contributed by atoms with Gasteiger partial charge in [-0.25, -0.2) is 4.98 Å². The summed E-state index contributed by atoms with van der Waals surface area (Å²) in [6.07, 6.45) is 0. The summed E-state index contributed by atoms with van der Waals surface area (Å²) < 4.78 is 2.78. The van der Waals surface area contributed by atoms with Gasteiger partial charge in [0.2, 0.25) is 0 Å². The number of rotatable bonds is 6. The summed E-state index contributed by atoms with van der Waals surface area (Å²) in [5, 5.41) is 22.6. The summed E-state index contributed by atoms with van der Waals surface area (Å²) in [5.74, 6) is 0.114. The molecule has 0 fully saturated rings. The van der Waals surface area contributed by atoms with Crippen molar-refractivity contribution in [1.29, 1.82) is 0 Å². The van der Waals surface area contributed by atoms with E-state index in [4.69, 9.17) is 12.2 Å². The number of carbonyl (C=O) groups excluding carboxylic acids is 1.